The van der Waals surface area contributed by atoms with Gasteiger partial charge in [0.15, 0.2) is 0 Å². The minimum Gasteiger partial charge on any atom is -0.293 e. The smallest absolute Gasteiger partial charge is 0.266 e. The Morgan fingerprint density at radius 2 is 1.48 bits per heavy atom. The summed E-state index contributed by atoms with van der Waals surface area (Å²) in [5.41, 5.74) is 5.96. The molecule has 162 valence electrons. The summed E-state index contributed by atoms with van der Waals surface area (Å²) in [6.07, 6.45) is 3.87. The Kier molecular flexibility index (Phi) is 5.94. The van der Waals surface area contributed by atoms with Crippen LogP contribution in [0.5, 0.6) is 0 Å². The SMILES string of the molecule is CCN1C(=O)/C(=C\c2cn(-c3ccccc3)nc2-c2ccc(-c3ccccc3)cc2)SC1=S. The maximum Gasteiger partial charge on any atom is 0.266 e. The lowest BCUT2D eigenvalue weighted by molar-refractivity contribution is -0.121. The summed E-state index contributed by atoms with van der Waals surface area (Å²) in [5.74, 6) is -0.0506. The van der Waals surface area contributed by atoms with Gasteiger partial charge in [-0.3, -0.25) is 9.69 Å². The molecule has 2 heterocycles. The molecule has 1 amide bonds. The third-order valence-corrected chi connectivity index (χ3v) is 6.88. The minimum atomic E-state index is -0.0506. The number of para-hydroxylation sites is 1. The Labute approximate surface area is 202 Å². The van der Waals surface area contributed by atoms with E-state index in [-0.39, 0.29) is 5.91 Å². The first-order chi connectivity index (χ1) is 16.1. The Hall–Kier alpha value is -3.48. The van der Waals surface area contributed by atoms with Crippen molar-refractivity contribution in [3.05, 3.63) is 102 Å². The van der Waals surface area contributed by atoms with Crippen LogP contribution in [-0.2, 0) is 4.79 Å². The third kappa shape index (κ3) is 4.27. The molecule has 0 N–H and O–H groups in total. The van der Waals surface area contributed by atoms with Crippen LogP contribution in [0, 0.1) is 0 Å². The van der Waals surface area contributed by atoms with Crippen LogP contribution in [0.25, 0.3) is 34.1 Å². The second-order valence-electron chi connectivity index (χ2n) is 7.58. The summed E-state index contributed by atoms with van der Waals surface area (Å²) in [6.45, 7) is 2.50. The normalized spacial score (nSPS) is 14.9. The summed E-state index contributed by atoms with van der Waals surface area (Å²) in [4.78, 5) is 15.0. The van der Waals surface area contributed by atoms with Gasteiger partial charge in [0.2, 0.25) is 0 Å². The summed E-state index contributed by atoms with van der Waals surface area (Å²) >= 11 is 6.73. The first-order valence-corrected chi connectivity index (χ1v) is 11.9. The first-order valence-electron chi connectivity index (χ1n) is 10.7. The van der Waals surface area contributed by atoms with E-state index in [1.165, 1.54) is 17.3 Å². The summed E-state index contributed by atoms with van der Waals surface area (Å²) in [6, 6.07) is 28.6. The molecule has 4 aromatic rings. The molecule has 1 aliphatic heterocycles. The Morgan fingerprint density at radius 3 is 2.12 bits per heavy atom. The highest BCUT2D eigenvalue weighted by atomic mass is 32.2. The minimum absolute atomic E-state index is 0.0506. The quantitative estimate of drug-likeness (QED) is 0.250. The van der Waals surface area contributed by atoms with Gasteiger partial charge in [-0.05, 0) is 36.3 Å². The fourth-order valence-corrected chi connectivity index (χ4v) is 5.17. The van der Waals surface area contributed by atoms with Crippen molar-refractivity contribution in [1.29, 1.82) is 0 Å². The summed E-state index contributed by atoms with van der Waals surface area (Å²) in [7, 11) is 0. The van der Waals surface area contributed by atoms with E-state index in [1.54, 1.807) is 4.90 Å². The van der Waals surface area contributed by atoms with Crippen LogP contribution in [0.4, 0.5) is 0 Å². The zero-order valence-corrected chi connectivity index (χ0v) is 19.6. The van der Waals surface area contributed by atoms with E-state index < -0.39 is 0 Å². The molecule has 0 bridgehead atoms. The number of thiocarbonyl (C=S) groups is 1. The number of likely N-dealkylation sites (N-methyl/N-ethyl adjacent to an activating group) is 1. The molecular weight excluding hydrogens is 446 g/mol. The number of hydrogen-bond acceptors (Lipinski definition) is 4. The lowest BCUT2D eigenvalue weighted by atomic mass is 10.0. The van der Waals surface area contributed by atoms with Crippen molar-refractivity contribution < 1.29 is 4.79 Å². The average Bonchev–Trinajstić information content (AvgIpc) is 3.40. The molecule has 0 spiro atoms. The topological polar surface area (TPSA) is 38.1 Å². The van der Waals surface area contributed by atoms with Gasteiger partial charge in [0.05, 0.1) is 16.3 Å². The van der Waals surface area contributed by atoms with Crippen LogP contribution < -0.4 is 0 Å². The number of thioether (sulfide) groups is 1. The van der Waals surface area contributed by atoms with Crippen LogP contribution in [0.3, 0.4) is 0 Å². The molecular formula is C27H21N3OS2. The van der Waals surface area contributed by atoms with Crippen molar-refractivity contribution in [1.82, 2.24) is 14.7 Å². The van der Waals surface area contributed by atoms with E-state index in [4.69, 9.17) is 17.3 Å². The van der Waals surface area contributed by atoms with Crippen LogP contribution in [0.2, 0.25) is 0 Å². The fraction of sp³-hybridized carbons (Fsp3) is 0.0741. The van der Waals surface area contributed by atoms with E-state index >= 15 is 0 Å². The van der Waals surface area contributed by atoms with Gasteiger partial charge in [-0.15, -0.1) is 0 Å². The lowest BCUT2D eigenvalue weighted by Gasteiger charge is -2.09. The number of amides is 1. The molecule has 3 aromatic carbocycles. The van der Waals surface area contributed by atoms with Gasteiger partial charge in [-0.1, -0.05) is 96.8 Å². The number of hydrogen-bond donors (Lipinski definition) is 0. The van der Waals surface area contributed by atoms with E-state index in [0.29, 0.717) is 15.8 Å². The van der Waals surface area contributed by atoms with Crippen molar-refractivity contribution in [2.75, 3.05) is 6.54 Å². The van der Waals surface area contributed by atoms with Crippen LogP contribution >= 0.6 is 24.0 Å². The second-order valence-corrected chi connectivity index (χ2v) is 9.26. The molecule has 0 saturated carbocycles. The average molecular weight is 468 g/mol. The highest BCUT2D eigenvalue weighted by Crippen LogP contribution is 2.35. The molecule has 1 saturated heterocycles. The molecule has 4 nitrogen and oxygen atoms in total. The van der Waals surface area contributed by atoms with Crippen LogP contribution in [-0.4, -0.2) is 31.5 Å². The molecule has 33 heavy (non-hydrogen) atoms. The van der Waals surface area contributed by atoms with Gasteiger partial charge in [0.1, 0.15) is 4.32 Å². The molecule has 1 aliphatic rings. The van der Waals surface area contributed by atoms with Crippen molar-refractivity contribution in [3.63, 3.8) is 0 Å². The molecule has 6 heteroatoms. The van der Waals surface area contributed by atoms with E-state index in [2.05, 4.69) is 36.4 Å². The van der Waals surface area contributed by atoms with Crippen LogP contribution in [0.1, 0.15) is 12.5 Å². The number of carbonyl (C=O) groups excluding carboxylic acids is 1. The lowest BCUT2D eigenvalue weighted by Crippen LogP contribution is -2.27. The number of carbonyl (C=O) groups is 1. The molecule has 0 aliphatic carbocycles. The number of aromatic nitrogens is 2. The summed E-state index contributed by atoms with van der Waals surface area (Å²) in [5, 5.41) is 4.88. The van der Waals surface area contributed by atoms with Gasteiger partial charge in [-0.2, -0.15) is 5.10 Å². The Morgan fingerprint density at radius 1 is 0.879 bits per heavy atom. The second kappa shape index (κ2) is 9.17. The molecule has 0 unspecified atom stereocenters. The first kappa shape index (κ1) is 21.4. The largest absolute Gasteiger partial charge is 0.293 e. The standard InChI is InChI=1S/C27H21N3OS2/c1-2-29-26(31)24(33-27(29)32)17-22-18-30(23-11-7-4-8-12-23)28-25(22)21-15-13-20(14-16-21)19-9-5-3-6-10-19/h3-18H,2H2,1H3/b24-17+. The van der Waals surface area contributed by atoms with Crippen LogP contribution in [0.15, 0.2) is 96.0 Å². The monoisotopic (exact) mass is 467 g/mol. The maximum absolute atomic E-state index is 12.8. The zero-order chi connectivity index (χ0) is 22.8. The van der Waals surface area contributed by atoms with Crippen molar-refractivity contribution >= 4 is 40.3 Å². The molecule has 0 radical (unpaired) electrons. The Balaban J connectivity index is 1.58. The number of rotatable bonds is 5. The van der Waals surface area contributed by atoms with Gasteiger partial charge < -0.3 is 0 Å². The van der Waals surface area contributed by atoms with E-state index in [9.17, 15) is 4.79 Å². The number of benzene rings is 3. The van der Waals surface area contributed by atoms with E-state index in [1.807, 2.05) is 72.4 Å². The molecule has 1 fully saturated rings. The van der Waals surface area contributed by atoms with Crippen molar-refractivity contribution in [2.45, 2.75) is 6.92 Å². The fourth-order valence-electron chi connectivity index (χ4n) is 3.80. The molecule has 0 atom stereocenters. The van der Waals surface area contributed by atoms with E-state index in [0.717, 1.165) is 28.1 Å². The van der Waals surface area contributed by atoms with Gasteiger partial charge in [-0.25, -0.2) is 4.68 Å². The third-order valence-electron chi connectivity index (χ3n) is 5.51. The Bertz CT molecular complexity index is 1340. The maximum atomic E-state index is 12.8. The van der Waals surface area contributed by atoms with Crippen molar-refractivity contribution in [2.24, 2.45) is 0 Å². The highest BCUT2D eigenvalue weighted by Gasteiger charge is 2.31. The predicted octanol–water partition coefficient (Wildman–Crippen LogP) is 6.43. The molecule has 1 aromatic heterocycles. The van der Waals surface area contributed by atoms with Gasteiger partial charge in [0, 0.05) is 23.9 Å². The number of nitrogens with zero attached hydrogens (tertiary/aromatic N) is 3. The molecule has 5 rings (SSSR count). The van der Waals surface area contributed by atoms with Gasteiger partial charge >= 0.3 is 0 Å². The summed E-state index contributed by atoms with van der Waals surface area (Å²) < 4.78 is 2.45. The van der Waals surface area contributed by atoms with Gasteiger partial charge in [0.25, 0.3) is 5.91 Å². The zero-order valence-electron chi connectivity index (χ0n) is 18.0. The predicted molar refractivity (Wildman–Crippen MR) is 140 cm³/mol. The van der Waals surface area contributed by atoms with Crippen molar-refractivity contribution in [3.8, 4) is 28.1 Å². The highest BCUT2D eigenvalue weighted by molar-refractivity contribution is 8.26.